The summed E-state index contributed by atoms with van der Waals surface area (Å²) >= 11 is 11.9. The smallest absolute Gasteiger partial charge is 0.335 e. The molecule has 1 aliphatic rings. The van der Waals surface area contributed by atoms with Crippen molar-refractivity contribution in [1.82, 2.24) is 14.8 Å². The number of aromatic nitrogens is 1. The van der Waals surface area contributed by atoms with Gasteiger partial charge in [-0.3, -0.25) is 9.69 Å². The van der Waals surface area contributed by atoms with Crippen molar-refractivity contribution in [2.24, 2.45) is 0 Å². The summed E-state index contributed by atoms with van der Waals surface area (Å²) in [4.78, 5) is 37.5. The van der Waals surface area contributed by atoms with Gasteiger partial charge in [-0.05, 0) is 54.1 Å². The number of carboxylic acid groups (broad SMARTS) is 1. The lowest BCUT2D eigenvalue weighted by Gasteiger charge is -2.12. The van der Waals surface area contributed by atoms with Crippen molar-refractivity contribution in [2.75, 3.05) is 0 Å². The molecule has 1 aliphatic heterocycles. The number of nitrogens with one attached hydrogen (secondary N) is 1. The second-order valence-corrected chi connectivity index (χ2v) is 7.60. The van der Waals surface area contributed by atoms with Crippen LogP contribution in [0.2, 0.25) is 10.0 Å². The molecule has 2 aromatic carbocycles. The van der Waals surface area contributed by atoms with Crippen LogP contribution in [-0.2, 0) is 11.3 Å². The number of carbonyl (C=O) groups excluding carboxylic acids is 2. The number of nitrogens with zero attached hydrogens (tertiary/aromatic N) is 2. The van der Waals surface area contributed by atoms with Gasteiger partial charge < -0.3 is 15.0 Å². The largest absolute Gasteiger partial charge is 0.478 e. The Morgan fingerprint density at radius 3 is 2.58 bits per heavy atom. The molecule has 7 nitrogen and oxygen atoms in total. The average molecular weight is 456 g/mol. The summed E-state index contributed by atoms with van der Waals surface area (Å²) in [5.41, 5.74) is 2.12. The molecule has 0 radical (unpaired) electrons. The van der Waals surface area contributed by atoms with Gasteiger partial charge in [-0.15, -0.1) is 0 Å². The third-order valence-electron chi connectivity index (χ3n) is 4.73. The Balaban J connectivity index is 1.61. The summed E-state index contributed by atoms with van der Waals surface area (Å²) in [5.74, 6) is -1.52. The van der Waals surface area contributed by atoms with E-state index in [0.717, 1.165) is 4.90 Å². The number of aromatic carboxylic acids is 1. The highest BCUT2D eigenvalue weighted by molar-refractivity contribution is 6.42. The predicted octanol–water partition coefficient (Wildman–Crippen LogP) is 4.58. The van der Waals surface area contributed by atoms with Gasteiger partial charge in [-0.2, -0.15) is 0 Å². The number of hydrogen-bond acceptors (Lipinski definition) is 3. The van der Waals surface area contributed by atoms with Crippen LogP contribution in [0.3, 0.4) is 0 Å². The zero-order valence-electron chi connectivity index (χ0n) is 15.9. The normalized spacial score (nSPS) is 14.9. The summed E-state index contributed by atoms with van der Waals surface area (Å²) in [5, 5.41) is 12.5. The monoisotopic (exact) mass is 455 g/mol. The number of carbonyl (C=O) groups is 3. The first-order chi connectivity index (χ1) is 14.8. The van der Waals surface area contributed by atoms with Gasteiger partial charge in [0.25, 0.3) is 5.91 Å². The van der Waals surface area contributed by atoms with Crippen LogP contribution >= 0.6 is 23.2 Å². The van der Waals surface area contributed by atoms with Crippen molar-refractivity contribution < 1.29 is 19.5 Å². The lowest BCUT2D eigenvalue weighted by molar-refractivity contribution is -0.123. The molecule has 0 unspecified atom stereocenters. The Hall–Kier alpha value is -3.55. The van der Waals surface area contributed by atoms with Crippen molar-refractivity contribution in [3.8, 4) is 5.69 Å². The Kier molecular flexibility index (Phi) is 5.54. The molecule has 9 heteroatoms. The molecule has 1 fully saturated rings. The molecule has 156 valence electrons. The van der Waals surface area contributed by atoms with Crippen LogP contribution in [0.25, 0.3) is 11.8 Å². The van der Waals surface area contributed by atoms with E-state index < -0.39 is 17.9 Å². The first-order valence-electron chi connectivity index (χ1n) is 9.13. The van der Waals surface area contributed by atoms with E-state index in [2.05, 4.69) is 5.32 Å². The van der Waals surface area contributed by atoms with Crippen LogP contribution in [0.5, 0.6) is 0 Å². The van der Waals surface area contributed by atoms with Gasteiger partial charge in [0, 0.05) is 17.6 Å². The second kappa shape index (κ2) is 8.29. The Morgan fingerprint density at radius 1 is 1.03 bits per heavy atom. The van der Waals surface area contributed by atoms with E-state index in [1.54, 1.807) is 59.3 Å². The van der Waals surface area contributed by atoms with Gasteiger partial charge in [-0.25, -0.2) is 9.59 Å². The molecular formula is C22H15Cl2N3O4. The number of hydrogen-bond donors (Lipinski definition) is 2. The molecule has 0 bridgehead atoms. The van der Waals surface area contributed by atoms with Crippen LogP contribution in [0.1, 0.15) is 21.6 Å². The molecule has 1 saturated heterocycles. The van der Waals surface area contributed by atoms with Crippen molar-refractivity contribution in [3.63, 3.8) is 0 Å². The van der Waals surface area contributed by atoms with E-state index in [1.807, 2.05) is 0 Å². The zero-order valence-corrected chi connectivity index (χ0v) is 17.4. The van der Waals surface area contributed by atoms with E-state index in [1.165, 1.54) is 12.1 Å². The Bertz CT molecular complexity index is 1250. The molecular weight excluding hydrogens is 441 g/mol. The number of halogens is 2. The number of urea groups is 1. The topological polar surface area (TPSA) is 91.6 Å². The Morgan fingerprint density at radius 2 is 1.84 bits per heavy atom. The summed E-state index contributed by atoms with van der Waals surface area (Å²) < 4.78 is 1.72. The molecule has 0 aliphatic carbocycles. The van der Waals surface area contributed by atoms with E-state index >= 15 is 0 Å². The van der Waals surface area contributed by atoms with Gasteiger partial charge in [0.15, 0.2) is 0 Å². The van der Waals surface area contributed by atoms with Crippen molar-refractivity contribution in [2.45, 2.75) is 6.54 Å². The van der Waals surface area contributed by atoms with Crippen molar-refractivity contribution in [1.29, 1.82) is 0 Å². The maximum absolute atomic E-state index is 12.8. The highest BCUT2D eigenvalue weighted by Crippen LogP contribution is 2.25. The summed E-state index contributed by atoms with van der Waals surface area (Å²) in [6.45, 7) is 0.0422. The van der Waals surface area contributed by atoms with E-state index in [-0.39, 0.29) is 17.8 Å². The second-order valence-electron chi connectivity index (χ2n) is 6.79. The summed E-state index contributed by atoms with van der Waals surface area (Å²) in [6.07, 6.45) is 3.28. The van der Waals surface area contributed by atoms with Crippen LogP contribution in [0.15, 0.2) is 66.5 Å². The molecule has 3 aromatic rings. The summed E-state index contributed by atoms with van der Waals surface area (Å²) in [6, 6.07) is 14.3. The highest BCUT2D eigenvalue weighted by Gasteiger charge is 2.33. The third-order valence-corrected chi connectivity index (χ3v) is 5.47. The van der Waals surface area contributed by atoms with Gasteiger partial charge in [-0.1, -0.05) is 35.3 Å². The first-order valence-corrected chi connectivity index (χ1v) is 9.88. The maximum Gasteiger partial charge on any atom is 0.335 e. The molecule has 31 heavy (non-hydrogen) atoms. The fraction of sp³-hybridized carbons (Fsp3) is 0.0455. The lowest BCUT2D eigenvalue weighted by Crippen LogP contribution is -2.30. The van der Waals surface area contributed by atoms with Gasteiger partial charge in [0.05, 0.1) is 22.2 Å². The first kappa shape index (κ1) is 20.7. The van der Waals surface area contributed by atoms with E-state index in [0.29, 0.717) is 27.0 Å². The van der Waals surface area contributed by atoms with Crippen LogP contribution in [0.4, 0.5) is 4.79 Å². The van der Waals surface area contributed by atoms with Gasteiger partial charge in [0.2, 0.25) is 0 Å². The van der Waals surface area contributed by atoms with Crippen LogP contribution in [0, 0.1) is 0 Å². The molecule has 3 amide bonds. The van der Waals surface area contributed by atoms with Crippen LogP contribution < -0.4 is 5.32 Å². The number of amides is 3. The minimum absolute atomic E-state index is 0.0422. The standard InChI is InChI=1S/C22H15Cl2N3O4/c23-17-7-6-13(9-18(17)24)12-27-20(28)19(25-22(27)31)11-16-5-2-8-26(16)15-4-1-3-14(10-15)21(29)30/h1-11H,12H2,(H,25,31)(H,29,30)/b19-11-. The number of imide groups is 1. The van der Waals surface area contributed by atoms with E-state index in [4.69, 9.17) is 23.2 Å². The Labute approximate surface area is 187 Å². The molecule has 0 spiro atoms. The summed E-state index contributed by atoms with van der Waals surface area (Å²) in [7, 11) is 0. The quantitative estimate of drug-likeness (QED) is 0.435. The number of carboxylic acids is 1. The molecule has 0 atom stereocenters. The third kappa shape index (κ3) is 4.19. The van der Waals surface area contributed by atoms with Gasteiger partial charge >= 0.3 is 12.0 Å². The molecule has 1 aromatic heterocycles. The molecule has 2 heterocycles. The fourth-order valence-electron chi connectivity index (χ4n) is 3.22. The van der Waals surface area contributed by atoms with Gasteiger partial charge in [0.1, 0.15) is 5.70 Å². The zero-order chi connectivity index (χ0) is 22.1. The number of rotatable bonds is 5. The SMILES string of the molecule is O=C(O)c1cccc(-n2cccc2/C=C2\NC(=O)N(Cc3ccc(Cl)c(Cl)c3)C2=O)c1. The molecule has 0 saturated carbocycles. The minimum Gasteiger partial charge on any atom is -0.478 e. The maximum atomic E-state index is 12.8. The number of benzene rings is 2. The highest BCUT2D eigenvalue weighted by atomic mass is 35.5. The van der Waals surface area contributed by atoms with Crippen molar-refractivity contribution >= 4 is 47.2 Å². The molecule has 4 rings (SSSR count). The van der Waals surface area contributed by atoms with E-state index in [9.17, 15) is 19.5 Å². The average Bonchev–Trinajstić information content (AvgIpc) is 3.31. The molecule has 2 N–H and O–H groups in total. The fourth-order valence-corrected chi connectivity index (χ4v) is 3.54. The van der Waals surface area contributed by atoms with Crippen LogP contribution in [-0.4, -0.2) is 32.5 Å². The minimum atomic E-state index is -1.04. The lowest BCUT2D eigenvalue weighted by atomic mass is 10.2. The van der Waals surface area contributed by atoms with Crippen molar-refractivity contribution in [3.05, 3.63) is 93.4 Å². The predicted molar refractivity (Wildman–Crippen MR) is 116 cm³/mol.